The van der Waals surface area contributed by atoms with Crippen LogP contribution >= 0.6 is 11.8 Å². The molecule has 2 nitrogen and oxygen atoms in total. The van der Waals surface area contributed by atoms with Gasteiger partial charge in [0, 0.05) is 4.90 Å². The van der Waals surface area contributed by atoms with Gasteiger partial charge in [-0.25, -0.2) is 0 Å². The van der Waals surface area contributed by atoms with Crippen LogP contribution in [0.15, 0.2) is 53.4 Å². The van der Waals surface area contributed by atoms with E-state index in [4.69, 9.17) is 9.47 Å². The monoisotopic (exact) mass is 300 g/mol. The van der Waals surface area contributed by atoms with Crippen molar-refractivity contribution in [1.82, 2.24) is 0 Å². The van der Waals surface area contributed by atoms with Crippen LogP contribution in [0.4, 0.5) is 0 Å². The molecule has 0 amide bonds. The largest absolute Gasteiger partial charge is 0.454 e. The minimum Gasteiger partial charge on any atom is -0.454 e. The quantitative estimate of drug-likeness (QED) is 0.716. The molecule has 0 spiro atoms. The van der Waals surface area contributed by atoms with E-state index in [2.05, 4.69) is 49.4 Å². The van der Waals surface area contributed by atoms with Crippen LogP contribution in [0, 0.1) is 5.92 Å². The van der Waals surface area contributed by atoms with Crippen molar-refractivity contribution in [3.8, 4) is 11.5 Å². The Labute approximate surface area is 130 Å². The van der Waals surface area contributed by atoms with Crippen molar-refractivity contribution in [2.75, 3.05) is 12.5 Å². The summed E-state index contributed by atoms with van der Waals surface area (Å²) in [5.41, 5.74) is 1.33. The molecule has 3 heteroatoms. The van der Waals surface area contributed by atoms with E-state index in [1.165, 1.54) is 16.9 Å². The zero-order valence-electron chi connectivity index (χ0n) is 12.2. The molecule has 2 aromatic rings. The highest BCUT2D eigenvalue weighted by atomic mass is 32.2. The van der Waals surface area contributed by atoms with E-state index in [1.54, 1.807) is 0 Å². The molecule has 0 radical (unpaired) electrons. The third-order valence-corrected chi connectivity index (χ3v) is 4.69. The summed E-state index contributed by atoms with van der Waals surface area (Å²) >= 11 is 1.93. The van der Waals surface area contributed by atoms with Crippen molar-refractivity contribution in [3.63, 3.8) is 0 Å². The summed E-state index contributed by atoms with van der Waals surface area (Å²) in [6.07, 6.45) is 2.31. The van der Waals surface area contributed by atoms with Crippen LogP contribution < -0.4 is 9.47 Å². The first-order chi connectivity index (χ1) is 10.3. The lowest BCUT2D eigenvalue weighted by molar-refractivity contribution is 0.174. The van der Waals surface area contributed by atoms with Gasteiger partial charge in [-0.1, -0.05) is 31.2 Å². The van der Waals surface area contributed by atoms with Crippen molar-refractivity contribution < 1.29 is 9.47 Å². The maximum Gasteiger partial charge on any atom is 0.231 e. The Kier molecular flexibility index (Phi) is 4.71. The third-order valence-electron chi connectivity index (χ3n) is 3.64. The van der Waals surface area contributed by atoms with Gasteiger partial charge in [0.25, 0.3) is 0 Å². The molecule has 1 aliphatic heterocycles. The van der Waals surface area contributed by atoms with Gasteiger partial charge in [0.1, 0.15) is 0 Å². The third kappa shape index (κ3) is 3.94. The maximum absolute atomic E-state index is 5.43. The Balaban J connectivity index is 1.47. The van der Waals surface area contributed by atoms with E-state index in [-0.39, 0.29) is 0 Å². The Bertz CT molecular complexity index is 583. The average molecular weight is 300 g/mol. The van der Waals surface area contributed by atoms with Gasteiger partial charge < -0.3 is 9.47 Å². The number of ether oxygens (including phenoxy) is 2. The first-order valence-electron chi connectivity index (χ1n) is 7.37. The predicted octanol–water partition coefficient (Wildman–Crippen LogP) is 4.78. The summed E-state index contributed by atoms with van der Waals surface area (Å²) in [5.74, 6) is 3.58. The van der Waals surface area contributed by atoms with Crippen LogP contribution in [0.5, 0.6) is 11.5 Å². The summed E-state index contributed by atoms with van der Waals surface area (Å²) in [7, 11) is 0. The van der Waals surface area contributed by atoms with Gasteiger partial charge in [-0.2, -0.15) is 0 Å². The Morgan fingerprint density at radius 1 is 1.05 bits per heavy atom. The van der Waals surface area contributed by atoms with Gasteiger partial charge in [-0.3, -0.25) is 0 Å². The van der Waals surface area contributed by atoms with E-state index in [9.17, 15) is 0 Å². The molecule has 110 valence electrons. The van der Waals surface area contributed by atoms with Crippen molar-refractivity contribution in [1.29, 1.82) is 0 Å². The minimum atomic E-state index is 0.349. The van der Waals surface area contributed by atoms with Crippen molar-refractivity contribution in [2.45, 2.75) is 24.7 Å². The second-order valence-electron chi connectivity index (χ2n) is 5.45. The zero-order chi connectivity index (χ0) is 14.5. The molecule has 1 atom stereocenters. The summed E-state index contributed by atoms with van der Waals surface area (Å²) in [5, 5.41) is 0. The first kappa shape index (κ1) is 14.3. The van der Waals surface area contributed by atoms with Crippen LogP contribution in [-0.2, 0) is 6.42 Å². The molecule has 0 saturated heterocycles. The highest BCUT2D eigenvalue weighted by Gasteiger charge is 2.14. The SMILES string of the molecule is CC(CCSc1ccccc1)Cc1ccc2c(c1)OCO2. The van der Waals surface area contributed by atoms with Crippen LogP contribution in [0.2, 0.25) is 0 Å². The molecule has 1 aliphatic rings. The van der Waals surface area contributed by atoms with E-state index in [0.717, 1.165) is 23.7 Å². The molecular weight excluding hydrogens is 280 g/mol. The fraction of sp³-hybridized carbons (Fsp3) is 0.333. The van der Waals surface area contributed by atoms with Crippen LogP contribution in [0.25, 0.3) is 0 Å². The molecule has 0 aromatic heterocycles. The average Bonchev–Trinajstić information content (AvgIpc) is 2.96. The molecule has 0 N–H and O–H groups in total. The Hall–Kier alpha value is -1.61. The molecule has 1 heterocycles. The maximum atomic E-state index is 5.43. The lowest BCUT2D eigenvalue weighted by atomic mass is 9.99. The molecular formula is C18H20O2S. The van der Waals surface area contributed by atoms with Gasteiger partial charge in [-0.15, -0.1) is 11.8 Å². The molecule has 0 bridgehead atoms. The summed E-state index contributed by atoms with van der Waals surface area (Å²) in [4.78, 5) is 1.35. The van der Waals surface area contributed by atoms with Crippen molar-refractivity contribution in [2.24, 2.45) is 5.92 Å². The highest BCUT2D eigenvalue weighted by molar-refractivity contribution is 7.99. The van der Waals surface area contributed by atoms with E-state index >= 15 is 0 Å². The molecule has 2 aromatic carbocycles. The summed E-state index contributed by atoms with van der Waals surface area (Å²) in [6, 6.07) is 16.9. The zero-order valence-corrected chi connectivity index (χ0v) is 13.1. The predicted molar refractivity (Wildman–Crippen MR) is 87.2 cm³/mol. The Morgan fingerprint density at radius 3 is 2.71 bits per heavy atom. The van der Waals surface area contributed by atoms with Crippen molar-refractivity contribution in [3.05, 3.63) is 54.1 Å². The Morgan fingerprint density at radius 2 is 1.86 bits per heavy atom. The van der Waals surface area contributed by atoms with Gasteiger partial charge in [0.2, 0.25) is 6.79 Å². The van der Waals surface area contributed by atoms with Crippen LogP contribution in [0.3, 0.4) is 0 Å². The standard InChI is InChI=1S/C18H20O2S/c1-14(9-10-21-16-5-3-2-4-6-16)11-15-7-8-17-18(12-15)20-13-19-17/h2-8,12,14H,9-11,13H2,1H3. The molecule has 3 rings (SSSR count). The summed E-state index contributed by atoms with van der Waals surface area (Å²) in [6.45, 7) is 2.66. The fourth-order valence-electron chi connectivity index (χ4n) is 2.47. The molecule has 1 unspecified atom stereocenters. The number of benzene rings is 2. The number of hydrogen-bond donors (Lipinski definition) is 0. The smallest absolute Gasteiger partial charge is 0.231 e. The summed E-state index contributed by atoms with van der Waals surface area (Å²) < 4.78 is 10.8. The number of hydrogen-bond acceptors (Lipinski definition) is 3. The first-order valence-corrected chi connectivity index (χ1v) is 8.36. The minimum absolute atomic E-state index is 0.349. The molecule has 21 heavy (non-hydrogen) atoms. The van der Waals surface area contributed by atoms with Gasteiger partial charge in [0.15, 0.2) is 11.5 Å². The van der Waals surface area contributed by atoms with Gasteiger partial charge >= 0.3 is 0 Å². The van der Waals surface area contributed by atoms with E-state index < -0.39 is 0 Å². The normalized spacial score (nSPS) is 14.1. The van der Waals surface area contributed by atoms with Crippen LogP contribution in [-0.4, -0.2) is 12.5 Å². The van der Waals surface area contributed by atoms with Crippen molar-refractivity contribution >= 4 is 11.8 Å². The lowest BCUT2D eigenvalue weighted by Crippen LogP contribution is -2.01. The second-order valence-corrected chi connectivity index (χ2v) is 6.62. The highest BCUT2D eigenvalue weighted by Crippen LogP contribution is 2.33. The molecule has 0 aliphatic carbocycles. The number of thioether (sulfide) groups is 1. The fourth-order valence-corrected chi connectivity index (χ4v) is 3.57. The van der Waals surface area contributed by atoms with E-state index in [1.807, 2.05) is 17.8 Å². The van der Waals surface area contributed by atoms with E-state index in [0.29, 0.717) is 12.7 Å². The number of rotatable bonds is 6. The van der Waals surface area contributed by atoms with Gasteiger partial charge in [0.05, 0.1) is 0 Å². The lowest BCUT2D eigenvalue weighted by Gasteiger charge is -2.11. The molecule has 0 fully saturated rings. The number of fused-ring (bicyclic) bond motifs is 1. The van der Waals surface area contributed by atoms with Crippen LogP contribution in [0.1, 0.15) is 18.9 Å². The topological polar surface area (TPSA) is 18.5 Å². The second kappa shape index (κ2) is 6.90. The van der Waals surface area contributed by atoms with Gasteiger partial charge in [-0.05, 0) is 54.3 Å². The molecule has 0 saturated carbocycles.